The Kier molecular flexibility index (Phi) is 8.14. The Morgan fingerprint density at radius 2 is 1.79 bits per heavy atom. The SMILES string of the molecule is CCn1c(SCC(=O)NN=Cc2cc(OC)c(O)c(OC)c2)nnc1-c1ccc(OC)cc1. The zero-order chi connectivity index (χ0) is 23.8. The highest BCUT2D eigenvalue weighted by Crippen LogP contribution is 2.36. The van der Waals surface area contributed by atoms with Gasteiger partial charge < -0.3 is 23.9 Å². The molecule has 33 heavy (non-hydrogen) atoms. The minimum Gasteiger partial charge on any atom is -0.502 e. The van der Waals surface area contributed by atoms with Gasteiger partial charge in [0.15, 0.2) is 22.5 Å². The maximum absolute atomic E-state index is 12.2. The highest BCUT2D eigenvalue weighted by Gasteiger charge is 2.15. The van der Waals surface area contributed by atoms with E-state index in [1.807, 2.05) is 35.8 Å². The quantitative estimate of drug-likeness (QED) is 0.263. The molecular weight excluding hydrogens is 446 g/mol. The Morgan fingerprint density at radius 1 is 1.12 bits per heavy atom. The van der Waals surface area contributed by atoms with E-state index < -0.39 is 0 Å². The normalized spacial score (nSPS) is 10.9. The third-order valence-electron chi connectivity index (χ3n) is 4.62. The van der Waals surface area contributed by atoms with Crippen molar-refractivity contribution in [2.45, 2.75) is 18.6 Å². The summed E-state index contributed by atoms with van der Waals surface area (Å²) in [7, 11) is 4.48. The first-order valence-corrected chi connectivity index (χ1v) is 11.0. The molecule has 1 heterocycles. The summed E-state index contributed by atoms with van der Waals surface area (Å²) in [6.07, 6.45) is 1.43. The van der Waals surface area contributed by atoms with Gasteiger partial charge in [0.25, 0.3) is 5.91 Å². The lowest BCUT2D eigenvalue weighted by molar-refractivity contribution is -0.118. The first kappa shape index (κ1) is 23.9. The third kappa shape index (κ3) is 5.75. The summed E-state index contributed by atoms with van der Waals surface area (Å²) < 4.78 is 17.3. The Hall–Kier alpha value is -3.73. The van der Waals surface area contributed by atoms with Crippen LogP contribution in [0, 0.1) is 0 Å². The number of benzene rings is 2. The molecule has 0 radical (unpaired) electrons. The third-order valence-corrected chi connectivity index (χ3v) is 5.59. The van der Waals surface area contributed by atoms with Crippen molar-refractivity contribution in [3.05, 3.63) is 42.0 Å². The second kappa shape index (κ2) is 11.2. The van der Waals surface area contributed by atoms with Gasteiger partial charge in [-0.3, -0.25) is 4.79 Å². The number of thioether (sulfide) groups is 1. The van der Waals surface area contributed by atoms with Crippen molar-refractivity contribution in [2.75, 3.05) is 27.1 Å². The molecule has 1 amide bonds. The molecule has 174 valence electrons. The van der Waals surface area contributed by atoms with Crippen LogP contribution in [0.25, 0.3) is 11.4 Å². The number of phenolic OH excluding ortho intramolecular Hbond substituents is 1. The summed E-state index contributed by atoms with van der Waals surface area (Å²) in [5.41, 5.74) is 3.97. The molecule has 3 aromatic rings. The van der Waals surface area contributed by atoms with Crippen LogP contribution in [-0.4, -0.2) is 59.1 Å². The number of amides is 1. The highest BCUT2D eigenvalue weighted by atomic mass is 32.2. The molecule has 11 heteroatoms. The molecule has 10 nitrogen and oxygen atoms in total. The van der Waals surface area contributed by atoms with E-state index in [1.165, 1.54) is 32.2 Å². The number of aromatic hydroxyl groups is 1. The fourth-order valence-corrected chi connectivity index (χ4v) is 3.76. The summed E-state index contributed by atoms with van der Waals surface area (Å²) >= 11 is 1.27. The summed E-state index contributed by atoms with van der Waals surface area (Å²) in [5.74, 6) is 1.67. The number of hydrogen-bond acceptors (Lipinski definition) is 9. The number of hydrogen-bond donors (Lipinski definition) is 2. The Morgan fingerprint density at radius 3 is 2.36 bits per heavy atom. The van der Waals surface area contributed by atoms with E-state index in [9.17, 15) is 9.90 Å². The first-order valence-electron chi connectivity index (χ1n) is 9.98. The van der Waals surface area contributed by atoms with Crippen LogP contribution in [0.5, 0.6) is 23.0 Å². The molecule has 2 N–H and O–H groups in total. The van der Waals surface area contributed by atoms with Crippen LogP contribution in [0.15, 0.2) is 46.7 Å². The smallest absolute Gasteiger partial charge is 0.250 e. The average molecular weight is 472 g/mol. The van der Waals surface area contributed by atoms with Gasteiger partial charge in [-0.1, -0.05) is 11.8 Å². The molecule has 2 aromatic carbocycles. The first-order chi connectivity index (χ1) is 16.0. The van der Waals surface area contributed by atoms with Crippen LogP contribution in [0.3, 0.4) is 0 Å². The van der Waals surface area contributed by atoms with Gasteiger partial charge in [-0.05, 0) is 43.3 Å². The Bertz CT molecular complexity index is 1110. The number of aromatic nitrogens is 3. The zero-order valence-electron chi connectivity index (χ0n) is 18.7. The van der Waals surface area contributed by atoms with Crippen molar-refractivity contribution in [1.29, 1.82) is 0 Å². The predicted octanol–water partition coefficient (Wildman–Crippen LogP) is 2.94. The van der Waals surface area contributed by atoms with Crippen LogP contribution in [0.4, 0.5) is 0 Å². The lowest BCUT2D eigenvalue weighted by atomic mass is 10.2. The van der Waals surface area contributed by atoms with Gasteiger partial charge in [-0.25, -0.2) is 5.43 Å². The van der Waals surface area contributed by atoms with Gasteiger partial charge in [0.1, 0.15) is 5.75 Å². The molecule has 0 bridgehead atoms. The summed E-state index contributed by atoms with van der Waals surface area (Å²) in [6.45, 7) is 2.64. The molecule has 1 aromatic heterocycles. The molecule has 3 rings (SSSR count). The topological polar surface area (TPSA) is 120 Å². The number of rotatable bonds is 10. The van der Waals surface area contributed by atoms with Crippen LogP contribution in [-0.2, 0) is 11.3 Å². The fourth-order valence-electron chi connectivity index (χ4n) is 2.96. The minimum atomic E-state index is -0.300. The van der Waals surface area contributed by atoms with Gasteiger partial charge in [0, 0.05) is 17.7 Å². The Labute approximate surface area is 195 Å². The van der Waals surface area contributed by atoms with Gasteiger partial charge in [0.05, 0.1) is 33.3 Å². The van der Waals surface area contributed by atoms with E-state index in [0.717, 1.165) is 17.1 Å². The van der Waals surface area contributed by atoms with Crippen LogP contribution >= 0.6 is 11.8 Å². The lowest BCUT2D eigenvalue weighted by Crippen LogP contribution is -2.20. The molecule has 0 fully saturated rings. The molecule has 0 unspecified atom stereocenters. The van der Waals surface area contributed by atoms with Crippen molar-refractivity contribution < 1.29 is 24.1 Å². The van der Waals surface area contributed by atoms with Crippen molar-refractivity contribution in [1.82, 2.24) is 20.2 Å². The van der Waals surface area contributed by atoms with Gasteiger partial charge in [0.2, 0.25) is 5.75 Å². The number of phenols is 1. The van der Waals surface area contributed by atoms with Crippen molar-refractivity contribution in [3.63, 3.8) is 0 Å². The Balaban J connectivity index is 1.61. The number of nitrogens with zero attached hydrogens (tertiary/aromatic N) is 4. The number of ether oxygens (including phenoxy) is 3. The molecule has 0 aliphatic heterocycles. The summed E-state index contributed by atoms with van der Waals surface area (Å²) in [6, 6.07) is 10.7. The van der Waals surface area contributed by atoms with Crippen LogP contribution < -0.4 is 19.6 Å². The summed E-state index contributed by atoms with van der Waals surface area (Å²) in [5, 5.41) is 23.1. The largest absolute Gasteiger partial charge is 0.502 e. The average Bonchev–Trinajstić information content (AvgIpc) is 3.26. The maximum atomic E-state index is 12.2. The molecule has 0 saturated heterocycles. The van der Waals surface area contributed by atoms with E-state index in [4.69, 9.17) is 14.2 Å². The van der Waals surface area contributed by atoms with Crippen molar-refractivity contribution in [2.24, 2.45) is 5.10 Å². The maximum Gasteiger partial charge on any atom is 0.250 e. The molecule has 0 aliphatic rings. The molecule has 0 aliphatic carbocycles. The van der Waals surface area contributed by atoms with Crippen LogP contribution in [0.1, 0.15) is 12.5 Å². The lowest BCUT2D eigenvalue weighted by Gasteiger charge is -2.09. The van der Waals surface area contributed by atoms with E-state index in [2.05, 4.69) is 20.7 Å². The number of carbonyl (C=O) groups is 1. The monoisotopic (exact) mass is 471 g/mol. The van der Waals surface area contributed by atoms with Crippen LogP contribution in [0.2, 0.25) is 0 Å². The van der Waals surface area contributed by atoms with Crippen molar-refractivity contribution in [3.8, 4) is 34.4 Å². The van der Waals surface area contributed by atoms with Gasteiger partial charge in [-0.2, -0.15) is 5.10 Å². The summed E-state index contributed by atoms with van der Waals surface area (Å²) in [4.78, 5) is 12.2. The molecular formula is C22H25N5O5S. The van der Waals surface area contributed by atoms with Gasteiger partial charge >= 0.3 is 0 Å². The molecule has 0 spiro atoms. The minimum absolute atomic E-state index is 0.105. The molecule has 0 atom stereocenters. The van der Waals surface area contributed by atoms with Gasteiger partial charge in [-0.15, -0.1) is 10.2 Å². The predicted molar refractivity (Wildman–Crippen MR) is 125 cm³/mol. The molecule has 0 saturated carbocycles. The number of hydrazone groups is 1. The second-order valence-corrected chi connectivity index (χ2v) is 7.58. The number of methoxy groups -OCH3 is 3. The highest BCUT2D eigenvalue weighted by molar-refractivity contribution is 7.99. The van der Waals surface area contributed by atoms with E-state index in [1.54, 1.807) is 19.2 Å². The second-order valence-electron chi connectivity index (χ2n) is 6.63. The standard InChI is InChI=1S/C22H25N5O5S/c1-5-27-21(15-6-8-16(30-2)9-7-15)25-26-22(27)33-13-19(28)24-23-12-14-10-17(31-3)20(29)18(11-14)32-4/h6-12,29H,5,13H2,1-4H3,(H,24,28). The number of carbonyl (C=O) groups excluding carboxylic acids is 1. The van der Waals surface area contributed by atoms with Crippen molar-refractivity contribution >= 4 is 23.9 Å². The number of nitrogens with one attached hydrogen (secondary N) is 1. The zero-order valence-corrected chi connectivity index (χ0v) is 19.5. The fraction of sp³-hybridized carbons (Fsp3) is 0.273. The van der Waals surface area contributed by atoms with E-state index in [0.29, 0.717) is 17.3 Å². The van der Waals surface area contributed by atoms with E-state index in [-0.39, 0.29) is 28.9 Å². The van der Waals surface area contributed by atoms with E-state index >= 15 is 0 Å².